The monoisotopic (exact) mass is 399 g/mol. The van der Waals surface area contributed by atoms with Crippen molar-refractivity contribution in [2.24, 2.45) is 0 Å². The van der Waals surface area contributed by atoms with E-state index < -0.39 is 0 Å². The van der Waals surface area contributed by atoms with Crippen LogP contribution in [-0.2, 0) is 11.2 Å². The van der Waals surface area contributed by atoms with Gasteiger partial charge in [-0.25, -0.2) is 0 Å². The Morgan fingerprint density at radius 3 is 2.38 bits per heavy atom. The SMILES string of the molecule is CCOc1ccc(CCNC(=O)/C=C/c2ccc(OC)cc2OC)cc1OCC. The van der Waals surface area contributed by atoms with Crippen molar-refractivity contribution in [3.63, 3.8) is 0 Å². The lowest BCUT2D eigenvalue weighted by Gasteiger charge is -2.12. The molecule has 0 aliphatic carbocycles. The molecule has 0 heterocycles. The largest absolute Gasteiger partial charge is 0.497 e. The zero-order valence-electron chi connectivity index (χ0n) is 17.5. The number of carbonyl (C=O) groups is 1. The van der Waals surface area contributed by atoms with Gasteiger partial charge in [0.2, 0.25) is 5.91 Å². The van der Waals surface area contributed by atoms with Crippen LogP contribution in [0.5, 0.6) is 23.0 Å². The fourth-order valence-corrected chi connectivity index (χ4v) is 2.76. The van der Waals surface area contributed by atoms with Gasteiger partial charge in [-0.05, 0) is 56.2 Å². The number of carbonyl (C=O) groups excluding carboxylic acids is 1. The normalized spacial score (nSPS) is 10.6. The van der Waals surface area contributed by atoms with Crippen molar-refractivity contribution in [2.45, 2.75) is 20.3 Å². The molecule has 1 N–H and O–H groups in total. The molecule has 0 fully saturated rings. The smallest absolute Gasteiger partial charge is 0.244 e. The Morgan fingerprint density at radius 1 is 0.931 bits per heavy atom. The second kappa shape index (κ2) is 11.6. The predicted molar refractivity (Wildman–Crippen MR) is 114 cm³/mol. The number of hydrogen-bond donors (Lipinski definition) is 1. The lowest BCUT2D eigenvalue weighted by molar-refractivity contribution is -0.116. The summed E-state index contributed by atoms with van der Waals surface area (Å²) in [5.74, 6) is 2.64. The van der Waals surface area contributed by atoms with Gasteiger partial charge < -0.3 is 24.3 Å². The van der Waals surface area contributed by atoms with Crippen LogP contribution in [0.2, 0.25) is 0 Å². The lowest BCUT2D eigenvalue weighted by atomic mass is 10.1. The molecular formula is C23H29NO5. The zero-order chi connectivity index (χ0) is 21.1. The standard InChI is InChI=1S/C23H29NO5/c1-5-28-20-11-7-17(15-22(20)29-6-2)13-14-24-23(25)12-9-18-8-10-19(26-3)16-21(18)27-4/h7-12,15-16H,5-6,13-14H2,1-4H3,(H,24,25)/b12-9+. The summed E-state index contributed by atoms with van der Waals surface area (Å²) in [6, 6.07) is 11.3. The first-order valence-electron chi connectivity index (χ1n) is 9.67. The van der Waals surface area contributed by atoms with Gasteiger partial charge in [0.05, 0.1) is 27.4 Å². The Hall–Kier alpha value is -3.15. The van der Waals surface area contributed by atoms with Gasteiger partial charge in [-0.3, -0.25) is 4.79 Å². The van der Waals surface area contributed by atoms with Gasteiger partial charge in [0.15, 0.2) is 11.5 Å². The fourth-order valence-electron chi connectivity index (χ4n) is 2.76. The van der Waals surface area contributed by atoms with Crippen LogP contribution in [0.25, 0.3) is 6.08 Å². The number of hydrogen-bond acceptors (Lipinski definition) is 5. The molecule has 0 bridgehead atoms. The highest BCUT2D eigenvalue weighted by molar-refractivity contribution is 5.92. The fraction of sp³-hybridized carbons (Fsp3) is 0.348. The number of benzene rings is 2. The van der Waals surface area contributed by atoms with Crippen molar-refractivity contribution in [3.05, 3.63) is 53.6 Å². The van der Waals surface area contributed by atoms with Crippen LogP contribution in [0.1, 0.15) is 25.0 Å². The maximum atomic E-state index is 12.1. The highest BCUT2D eigenvalue weighted by Gasteiger charge is 2.07. The third kappa shape index (κ3) is 6.75. The molecule has 0 aliphatic heterocycles. The highest BCUT2D eigenvalue weighted by Crippen LogP contribution is 2.28. The molecule has 6 heteroatoms. The van der Waals surface area contributed by atoms with Gasteiger partial charge >= 0.3 is 0 Å². The topological polar surface area (TPSA) is 66.0 Å². The first-order valence-corrected chi connectivity index (χ1v) is 9.67. The van der Waals surface area contributed by atoms with Gasteiger partial charge in [0.25, 0.3) is 0 Å². The maximum absolute atomic E-state index is 12.1. The predicted octanol–water partition coefficient (Wildman–Crippen LogP) is 3.87. The van der Waals surface area contributed by atoms with E-state index in [0.717, 1.165) is 22.6 Å². The average molecular weight is 399 g/mol. The second-order valence-electron chi connectivity index (χ2n) is 6.13. The van der Waals surface area contributed by atoms with Crippen LogP contribution < -0.4 is 24.3 Å². The molecule has 0 aromatic heterocycles. The Balaban J connectivity index is 1.91. The molecule has 2 rings (SSSR count). The van der Waals surface area contributed by atoms with E-state index >= 15 is 0 Å². The Morgan fingerprint density at radius 2 is 1.69 bits per heavy atom. The summed E-state index contributed by atoms with van der Waals surface area (Å²) in [6.45, 7) is 5.55. The van der Waals surface area contributed by atoms with Crippen molar-refractivity contribution < 1.29 is 23.7 Å². The van der Waals surface area contributed by atoms with Crippen LogP contribution in [0, 0.1) is 0 Å². The van der Waals surface area contributed by atoms with E-state index in [1.54, 1.807) is 26.4 Å². The first kappa shape index (κ1) is 22.1. The molecule has 2 aromatic carbocycles. The molecule has 0 unspecified atom stereocenters. The number of nitrogens with one attached hydrogen (secondary N) is 1. The van der Waals surface area contributed by atoms with Gasteiger partial charge in [0.1, 0.15) is 11.5 Å². The van der Waals surface area contributed by atoms with E-state index in [9.17, 15) is 4.79 Å². The van der Waals surface area contributed by atoms with E-state index in [2.05, 4.69) is 5.32 Å². The molecule has 0 atom stereocenters. The Bertz CT molecular complexity index is 832. The number of amides is 1. The van der Waals surface area contributed by atoms with Gasteiger partial charge in [-0.2, -0.15) is 0 Å². The molecule has 2 aromatic rings. The minimum atomic E-state index is -0.168. The zero-order valence-corrected chi connectivity index (χ0v) is 17.5. The molecule has 0 spiro atoms. The van der Waals surface area contributed by atoms with Crippen LogP contribution in [0.4, 0.5) is 0 Å². The molecule has 0 saturated carbocycles. The number of ether oxygens (including phenoxy) is 4. The second-order valence-corrected chi connectivity index (χ2v) is 6.13. The molecule has 0 radical (unpaired) electrons. The summed E-state index contributed by atoms with van der Waals surface area (Å²) in [5.41, 5.74) is 1.87. The van der Waals surface area contributed by atoms with Gasteiger partial charge in [0, 0.05) is 24.3 Å². The van der Waals surface area contributed by atoms with Crippen molar-refractivity contribution in [1.82, 2.24) is 5.32 Å². The van der Waals surface area contributed by atoms with Crippen molar-refractivity contribution in [1.29, 1.82) is 0 Å². The molecule has 29 heavy (non-hydrogen) atoms. The average Bonchev–Trinajstić information content (AvgIpc) is 2.74. The third-order valence-corrected chi connectivity index (χ3v) is 4.18. The van der Waals surface area contributed by atoms with E-state index in [1.807, 2.05) is 44.2 Å². The summed E-state index contributed by atoms with van der Waals surface area (Å²) in [6.07, 6.45) is 3.91. The van der Waals surface area contributed by atoms with E-state index in [4.69, 9.17) is 18.9 Å². The van der Waals surface area contributed by atoms with E-state index in [1.165, 1.54) is 6.08 Å². The summed E-state index contributed by atoms with van der Waals surface area (Å²) >= 11 is 0. The summed E-state index contributed by atoms with van der Waals surface area (Å²) in [5, 5.41) is 2.89. The molecule has 6 nitrogen and oxygen atoms in total. The van der Waals surface area contributed by atoms with Gasteiger partial charge in [-0.15, -0.1) is 0 Å². The summed E-state index contributed by atoms with van der Waals surface area (Å²) in [4.78, 5) is 12.1. The van der Waals surface area contributed by atoms with E-state index in [-0.39, 0.29) is 5.91 Å². The van der Waals surface area contributed by atoms with Gasteiger partial charge in [-0.1, -0.05) is 6.07 Å². The molecule has 1 amide bonds. The minimum absolute atomic E-state index is 0.168. The molecular weight excluding hydrogens is 370 g/mol. The summed E-state index contributed by atoms with van der Waals surface area (Å²) in [7, 11) is 3.18. The maximum Gasteiger partial charge on any atom is 0.244 e. The summed E-state index contributed by atoms with van der Waals surface area (Å²) < 4.78 is 21.7. The van der Waals surface area contributed by atoms with Crippen LogP contribution >= 0.6 is 0 Å². The Labute approximate surface area is 172 Å². The third-order valence-electron chi connectivity index (χ3n) is 4.18. The van der Waals surface area contributed by atoms with Crippen molar-refractivity contribution >= 4 is 12.0 Å². The number of methoxy groups -OCH3 is 2. The lowest BCUT2D eigenvalue weighted by Crippen LogP contribution is -2.23. The quantitative estimate of drug-likeness (QED) is 0.581. The van der Waals surface area contributed by atoms with E-state index in [0.29, 0.717) is 37.7 Å². The van der Waals surface area contributed by atoms with Crippen LogP contribution in [0.3, 0.4) is 0 Å². The Kier molecular flexibility index (Phi) is 8.89. The van der Waals surface area contributed by atoms with Crippen LogP contribution in [0.15, 0.2) is 42.5 Å². The highest BCUT2D eigenvalue weighted by atomic mass is 16.5. The van der Waals surface area contributed by atoms with Crippen LogP contribution in [-0.4, -0.2) is 39.9 Å². The van der Waals surface area contributed by atoms with Crippen molar-refractivity contribution in [3.8, 4) is 23.0 Å². The molecule has 0 aliphatic rings. The molecule has 156 valence electrons. The number of rotatable bonds is 11. The first-order chi connectivity index (χ1) is 14.1. The molecule has 0 saturated heterocycles. The minimum Gasteiger partial charge on any atom is -0.497 e. The van der Waals surface area contributed by atoms with Crippen molar-refractivity contribution in [2.75, 3.05) is 34.0 Å².